The normalized spacial score (nSPS) is 15.2. The predicted octanol–water partition coefficient (Wildman–Crippen LogP) is 9.97. The second-order valence-electron chi connectivity index (χ2n) is 11.9. The van der Waals surface area contributed by atoms with Gasteiger partial charge in [0.25, 0.3) is 0 Å². The highest BCUT2D eigenvalue weighted by Crippen LogP contribution is 2.43. The molecule has 298 valence electrons. The van der Waals surface area contributed by atoms with Crippen LogP contribution in [0.1, 0.15) is 104 Å². The molecule has 0 saturated carbocycles. The number of hydrogen-bond acceptors (Lipinski definition) is 8. The first-order valence-electron chi connectivity index (χ1n) is 18.9. The van der Waals surface area contributed by atoms with Crippen LogP contribution in [-0.2, 0) is 32.7 Å². The van der Waals surface area contributed by atoms with Crippen LogP contribution in [-0.4, -0.2) is 60.5 Å². The minimum absolute atomic E-state index is 0.0522. The van der Waals surface area contributed by atoms with Crippen molar-refractivity contribution < 1.29 is 42.7 Å². The van der Waals surface area contributed by atoms with Gasteiger partial charge >= 0.3 is 19.8 Å². The van der Waals surface area contributed by atoms with Gasteiger partial charge in [-0.05, 0) is 83.5 Å². The molecule has 0 aliphatic carbocycles. The van der Waals surface area contributed by atoms with E-state index in [1.54, 1.807) is 0 Å². The average Bonchev–Trinajstić information content (AvgIpc) is 3.13. The van der Waals surface area contributed by atoms with E-state index in [0.717, 1.165) is 70.6 Å². The molecule has 10 nitrogen and oxygen atoms in total. The van der Waals surface area contributed by atoms with E-state index in [0.29, 0.717) is 19.4 Å². The highest BCUT2D eigenvalue weighted by atomic mass is 31.2. The molecule has 0 saturated heterocycles. The van der Waals surface area contributed by atoms with Gasteiger partial charge in [0.05, 0.1) is 19.8 Å². The Morgan fingerprint density at radius 1 is 0.604 bits per heavy atom. The molecule has 3 unspecified atom stereocenters. The number of carbonyl (C=O) groups is 2. The second-order valence-corrected chi connectivity index (χ2v) is 13.4. The van der Waals surface area contributed by atoms with Crippen LogP contribution >= 0.6 is 7.82 Å². The molecule has 4 N–H and O–H groups in total. The van der Waals surface area contributed by atoms with Gasteiger partial charge in [0, 0.05) is 13.0 Å². The molecule has 0 aromatic heterocycles. The van der Waals surface area contributed by atoms with Crippen LogP contribution in [0, 0.1) is 0 Å². The first-order chi connectivity index (χ1) is 25.7. The summed E-state index contributed by atoms with van der Waals surface area (Å²) in [6.45, 7) is 3.38. The van der Waals surface area contributed by atoms with Crippen molar-refractivity contribution in [2.24, 2.45) is 5.73 Å². The number of hydrogen-bond donors (Lipinski definition) is 3. The van der Waals surface area contributed by atoms with Gasteiger partial charge in [-0.25, -0.2) is 4.57 Å². The van der Waals surface area contributed by atoms with E-state index >= 15 is 0 Å². The zero-order chi connectivity index (χ0) is 39.1. The van der Waals surface area contributed by atoms with Crippen LogP contribution in [0.25, 0.3) is 0 Å². The van der Waals surface area contributed by atoms with Crippen molar-refractivity contribution in [3.05, 3.63) is 109 Å². The van der Waals surface area contributed by atoms with Gasteiger partial charge < -0.3 is 25.2 Å². The summed E-state index contributed by atoms with van der Waals surface area (Å²) in [5.41, 5.74) is 5.33. The first-order valence-corrected chi connectivity index (χ1v) is 20.4. The molecule has 0 heterocycles. The lowest BCUT2D eigenvalue weighted by Crippen LogP contribution is -2.34. The van der Waals surface area contributed by atoms with Crippen molar-refractivity contribution in [1.82, 2.24) is 0 Å². The van der Waals surface area contributed by atoms with Crippen molar-refractivity contribution in [1.29, 1.82) is 0 Å². The van der Waals surface area contributed by atoms with Crippen molar-refractivity contribution in [3.8, 4) is 0 Å². The van der Waals surface area contributed by atoms with Crippen LogP contribution in [0.3, 0.4) is 0 Å². The van der Waals surface area contributed by atoms with Gasteiger partial charge in [0.1, 0.15) is 12.1 Å². The van der Waals surface area contributed by atoms with E-state index in [2.05, 4.69) is 122 Å². The summed E-state index contributed by atoms with van der Waals surface area (Å²) in [6, 6.07) is -1.50. The Kier molecular flexibility index (Phi) is 34.6. The number of carbonyl (C=O) groups excluding carboxylic acids is 1. The van der Waals surface area contributed by atoms with E-state index in [-0.39, 0.29) is 13.0 Å². The topological polar surface area (TPSA) is 155 Å². The highest BCUT2D eigenvalue weighted by Gasteiger charge is 2.27. The molecule has 0 aliphatic rings. The molecular weight excluding hydrogens is 693 g/mol. The maximum Gasteiger partial charge on any atom is 0.472 e. The van der Waals surface area contributed by atoms with Gasteiger partial charge in [-0.1, -0.05) is 123 Å². The number of phosphoric ester groups is 1. The summed E-state index contributed by atoms with van der Waals surface area (Å²) < 4.78 is 33.1. The van der Waals surface area contributed by atoms with Crippen LogP contribution in [0.5, 0.6) is 0 Å². The summed E-state index contributed by atoms with van der Waals surface area (Å²) in [4.78, 5) is 33.4. The lowest BCUT2D eigenvalue weighted by molar-refractivity contribution is -0.154. The third-order valence-electron chi connectivity index (χ3n) is 7.05. The fourth-order valence-electron chi connectivity index (χ4n) is 4.17. The highest BCUT2D eigenvalue weighted by molar-refractivity contribution is 7.47. The van der Waals surface area contributed by atoms with E-state index in [4.69, 9.17) is 24.8 Å². The molecular formula is C42H66NO9P. The van der Waals surface area contributed by atoms with Crippen molar-refractivity contribution in [2.75, 3.05) is 26.4 Å². The minimum Gasteiger partial charge on any atom is -0.480 e. The summed E-state index contributed by atoms with van der Waals surface area (Å²) >= 11 is 0. The number of rotatable bonds is 34. The molecule has 0 fully saturated rings. The number of allylic oxidation sites excluding steroid dienone is 18. The van der Waals surface area contributed by atoms with E-state index in [9.17, 15) is 19.0 Å². The molecule has 0 radical (unpaired) electrons. The summed E-state index contributed by atoms with van der Waals surface area (Å²) in [5, 5.41) is 8.87. The van der Waals surface area contributed by atoms with Crippen LogP contribution < -0.4 is 5.73 Å². The lowest BCUT2D eigenvalue weighted by Gasteiger charge is -2.20. The number of aliphatic carboxylic acids is 1. The molecule has 0 aromatic rings. The van der Waals surface area contributed by atoms with Gasteiger partial charge in [-0.3, -0.25) is 18.6 Å². The standard InChI is InChI=1S/C42H66NO9P/c1-3-5-7-9-11-13-15-17-19-20-21-22-24-26-28-30-32-34-41(44)52-39(37-50-53(47,48)51-38-40(43)42(45)46)36-49-35-33-31-29-27-25-23-18-16-14-12-10-8-6-4-2/h5-8,11-14,17-19,21-23,26-29,39-40H,3-4,9-10,15-16,20,24-25,30-38,43H2,1-2H3,(H,45,46)(H,47,48)/b7-5-,8-6-,13-11-,14-12-,19-17-,22-21-,23-18-,28-26-,29-27-. The number of nitrogens with two attached hydrogens (primary N) is 1. The molecule has 0 aliphatic heterocycles. The molecule has 3 atom stereocenters. The zero-order valence-electron chi connectivity index (χ0n) is 32.1. The Bertz CT molecular complexity index is 1250. The van der Waals surface area contributed by atoms with Crippen LogP contribution in [0.15, 0.2) is 109 Å². The summed E-state index contributed by atoms with van der Waals surface area (Å²) in [6.07, 6.45) is 48.8. The molecule has 0 aromatic carbocycles. The van der Waals surface area contributed by atoms with Gasteiger partial charge in [0.15, 0.2) is 0 Å². The molecule has 53 heavy (non-hydrogen) atoms. The van der Waals surface area contributed by atoms with Crippen molar-refractivity contribution in [3.63, 3.8) is 0 Å². The third kappa shape index (κ3) is 36.8. The second kappa shape index (κ2) is 37.0. The Hall–Kier alpha value is -3.37. The SMILES string of the molecule is CC/C=C\C/C=C\C/C=C\C/C=C\C/C=C\CCCC(=O)OC(COCCC/C=C\C/C=C\C/C=C\C/C=C\CC)COP(=O)(O)OCC(N)C(=O)O. The summed E-state index contributed by atoms with van der Waals surface area (Å²) in [5.74, 6) is -1.88. The number of phosphoric acid groups is 1. The Balaban J connectivity index is 4.54. The maximum absolute atomic E-state index is 12.6. The zero-order valence-corrected chi connectivity index (χ0v) is 32.9. The molecule has 0 amide bonds. The van der Waals surface area contributed by atoms with Crippen molar-refractivity contribution >= 4 is 19.8 Å². The number of unbranched alkanes of at least 4 members (excludes halogenated alkanes) is 2. The third-order valence-corrected chi connectivity index (χ3v) is 8.00. The lowest BCUT2D eigenvalue weighted by atomic mass is 10.2. The van der Waals surface area contributed by atoms with Gasteiger partial charge in [-0.15, -0.1) is 0 Å². The molecule has 11 heteroatoms. The van der Waals surface area contributed by atoms with E-state index < -0.39 is 45.1 Å². The van der Waals surface area contributed by atoms with E-state index in [1.165, 1.54) is 0 Å². The average molecular weight is 760 g/mol. The van der Waals surface area contributed by atoms with Gasteiger partial charge in [0.2, 0.25) is 0 Å². The fourth-order valence-corrected chi connectivity index (χ4v) is 4.95. The van der Waals surface area contributed by atoms with E-state index in [1.807, 2.05) is 6.08 Å². The Morgan fingerprint density at radius 2 is 1.00 bits per heavy atom. The minimum atomic E-state index is -4.65. The predicted molar refractivity (Wildman–Crippen MR) is 216 cm³/mol. The van der Waals surface area contributed by atoms with Crippen molar-refractivity contribution in [2.45, 2.75) is 116 Å². The maximum atomic E-state index is 12.6. The molecule has 0 rings (SSSR count). The molecule has 0 bridgehead atoms. The Labute approximate surface area is 319 Å². The summed E-state index contributed by atoms with van der Waals surface area (Å²) in [7, 11) is -4.65. The monoisotopic (exact) mass is 759 g/mol. The Morgan fingerprint density at radius 3 is 1.43 bits per heavy atom. The number of ether oxygens (including phenoxy) is 2. The van der Waals surface area contributed by atoms with Crippen LogP contribution in [0.4, 0.5) is 0 Å². The fraction of sp³-hybridized carbons (Fsp3) is 0.524. The number of carboxylic acid groups (broad SMARTS) is 1. The number of esters is 1. The van der Waals surface area contributed by atoms with Crippen LogP contribution in [0.2, 0.25) is 0 Å². The largest absolute Gasteiger partial charge is 0.480 e. The smallest absolute Gasteiger partial charge is 0.472 e. The number of carboxylic acids is 1. The first kappa shape index (κ1) is 49.6. The quantitative estimate of drug-likeness (QED) is 0.0250. The van der Waals surface area contributed by atoms with Gasteiger partial charge in [-0.2, -0.15) is 0 Å². The molecule has 0 spiro atoms.